The lowest BCUT2D eigenvalue weighted by atomic mass is 10.1. The number of hydrogen-bond donors (Lipinski definition) is 6. The smallest absolute Gasteiger partial charge is 0.326 e. The second-order valence-electron chi connectivity index (χ2n) is 7.80. The molecule has 1 aliphatic rings. The number of rotatable bonds is 11. The van der Waals surface area contributed by atoms with E-state index in [1.54, 1.807) is 24.3 Å². The third-order valence-corrected chi connectivity index (χ3v) is 5.29. The van der Waals surface area contributed by atoms with Crippen LogP contribution in [0.2, 0.25) is 0 Å². The fourth-order valence-electron chi connectivity index (χ4n) is 3.59. The lowest BCUT2D eigenvalue weighted by molar-refractivity contribution is -0.149. The Hall–Kier alpha value is -3.51. The summed E-state index contributed by atoms with van der Waals surface area (Å²) in [5.41, 5.74) is 11.9. The number of aliphatic hydroxyl groups excluding tert-OH is 1. The zero-order valence-corrected chi connectivity index (χ0v) is 18.0. The van der Waals surface area contributed by atoms with E-state index in [9.17, 15) is 34.2 Å². The zero-order chi connectivity index (χ0) is 24.5. The van der Waals surface area contributed by atoms with Crippen LogP contribution in [0.15, 0.2) is 30.3 Å². The summed E-state index contributed by atoms with van der Waals surface area (Å²) in [5, 5.41) is 23.5. The molecular weight excluding hydrogens is 434 g/mol. The maximum atomic E-state index is 12.8. The van der Waals surface area contributed by atoms with Gasteiger partial charge in [-0.1, -0.05) is 30.3 Å². The first-order valence-corrected chi connectivity index (χ1v) is 10.5. The average Bonchev–Trinajstić information content (AvgIpc) is 3.27. The van der Waals surface area contributed by atoms with Gasteiger partial charge in [0.25, 0.3) is 0 Å². The van der Waals surface area contributed by atoms with Crippen LogP contribution in [0.1, 0.15) is 24.8 Å². The largest absolute Gasteiger partial charge is 0.480 e. The number of likely N-dealkylation sites (tertiary alicyclic amines) is 1. The molecule has 33 heavy (non-hydrogen) atoms. The number of carbonyl (C=O) groups excluding carboxylic acids is 4. The molecule has 1 saturated heterocycles. The molecule has 1 aromatic carbocycles. The Bertz CT molecular complexity index is 879. The van der Waals surface area contributed by atoms with Crippen LogP contribution in [-0.4, -0.2) is 82.0 Å². The van der Waals surface area contributed by atoms with Crippen LogP contribution in [-0.2, 0) is 30.4 Å². The number of nitrogens with two attached hydrogens (primary N) is 2. The molecule has 1 aliphatic heterocycles. The lowest BCUT2D eigenvalue weighted by Gasteiger charge is -2.28. The normalized spacial score (nSPS) is 18.1. The van der Waals surface area contributed by atoms with E-state index in [1.807, 2.05) is 6.07 Å². The van der Waals surface area contributed by atoms with E-state index in [1.165, 1.54) is 0 Å². The molecule has 4 unspecified atom stereocenters. The van der Waals surface area contributed by atoms with Gasteiger partial charge < -0.3 is 37.2 Å². The molecule has 0 aromatic heterocycles. The van der Waals surface area contributed by atoms with Gasteiger partial charge in [0, 0.05) is 6.54 Å². The van der Waals surface area contributed by atoms with E-state index in [0.29, 0.717) is 6.42 Å². The Labute approximate surface area is 190 Å². The van der Waals surface area contributed by atoms with Gasteiger partial charge in [0.2, 0.25) is 23.6 Å². The van der Waals surface area contributed by atoms with E-state index >= 15 is 0 Å². The molecule has 1 aromatic rings. The summed E-state index contributed by atoms with van der Waals surface area (Å²) < 4.78 is 0. The van der Waals surface area contributed by atoms with Crippen LogP contribution in [0.3, 0.4) is 0 Å². The van der Waals surface area contributed by atoms with Gasteiger partial charge in [-0.25, -0.2) is 4.79 Å². The average molecular weight is 463 g/mol. The van der Waals surface area contributed by atoms with Crippen molar-refractivity contribution in [3.63, 3.8) is 0 Å². The maximum absolute atomic E-state index is 12.8. The Morgan fingerprint density at radius 1 is 1.06 bits per heavy atom. The molecule has 0 aliphatic carbocycles. The summed E-state index contributed by atoms with van der Waals surface area (Å²) in [4.78, 5) is 61.8. The molecule has 180 valence electrons. The second kappa shape index (κ2) is 11.9. The first-order chi connectivity index (χ1) is 15.6. The van der Waals surface area contributed by atoms with Crippen LogP contribution in [0.5, 0.6) is 0 Å². The summed E-state index contributed by atoms with van der Waals surface area (Å²) >= 11 is 0. The molecule has 0 bridgehead atoms. The van der Waals surface area contributed by atoms with Gasteiger partial charge >= 0.3 is 5.97 Å². The van der Waals surface area contributed by atoms with E-state index in [-0.39, 0.29) is 19.4 Å². The number of nitrogens with one attached hydrogen (secondary N) is 2. The number of amides is 4. The number of primary amides is 1. The zero-order valence-electron chi connectivity index (χ0n) is 18.0. The minimum absolute atomic E-state index is 0.148. The van der Waals surface area contributed by atoms with E-state index in [4.69, 9.17) is 11.5 Å². The van der Waals surface area contributed by atoms with Gasteiger partial charge in [0.1, 0.15) is 18.1 Å². The highest BCUT2D eigenvalue weighted by Crippen LogP contribution is 2.19. The summed E-state index contributed by atoms with van der Waals surface area (Å²) in [6.45, 7) is -0.649. The van der Waals surface area contributed by atoms with Crippen LogP contribution < -0.4 is 22.1 Å². The Kier molecular flexibility index (Phi) is 9.30. The van der Waals surface area contributed by atoms with E-state index in [0.717, 1.165) is 10.5 Å². The van der Waals surface area contributed by atoms with Gasteiger partial charge in [0.15, 0.2) is 0 Å². The van der Waals surface area contributed by atoms with Crippen LogP contribution >= 0.6 is 0 Å². The molecular formula is C21H29N5O7. The Morgan fingerprint density at radius 3 is 2.27 bits per heavy atom. The first-order valence-electron chi connectivity index (χ1n) is 10.5. The maximum Gasteiger partial charge on any atom is 0.326 e. The van der Waals surface area contributed by atoms with Crippen molar-refractivity contribution in [2.45, 2.75) is 49.9 Å². The molecule has 1 fully saturated rings. The summed E-state index contributed by atoms with van der Waals surface area (Å²) in [5.74, 6) is -4.51. The molecule has 1 heterocycles. The second-order valence-corrected chi connectivity index (χ2v) is 7.80. The van der Waals surface area contributed by atoms with Crippen molar-refractivity contribution in [1.29, 1.82) is 0 Å². The Balaban J connectivity index is 2.04. The fourth-order valence-corrected chi connectivity index (χ4v) is 3.59. The molecule has 0 spiro atoms. The van der Waals surface area contributed by atoms with Gasteiger partial charge in [0.05, 0.1) is 19.1 Å². The van der Waals surface area contributed by atoms with Crippen molar-refractivity contribution in [3.05, 3.63) is 35.9 Å². The predicted molar refractivity (Wildman–Crippen MR) is 115 cm³/mol. The third-order valence-electron chi connectivity index (χ3n) is 5.29. The van der Waals surface area contributed by atoms with Crippen LogP contribution in [0, 0.1) is 0 Å². The number of aliphatic carboxylic acids is 1. The first kappa shape index (κ1) is 25.7. The van der Waals surface area contributed by atoms with Crippen molar-refractivity contribution < 1.29 is 34.2 Å². The summed E-state index contributed by atoms with van der Waals surface area (Å²) in [6.07, 6.45) is 0.315. The topological polar surface area (TPSA) is 205 Å². The van der Waals surface area contributed by atoms with E-state index < -0.39 is 66.8 Å². The highest BCUT2D eigenvalue weighted by molar-refractivity contribution is 5.96. The monoisotopic (exact) mass is 463 g/mol. The van der Waals surface area contributed by atoms with Crippen molar-refractivity contribution in [3.8, 4) is 0 Å². The predicted octanol–water partition coefficient (Wildman–Crippen LogP) is -2.53. The number of benzene rings is 1. The highest BCUT2D eigenvalue weighted by atomic mass is 16.4. The van der Waals surface area contributed by atoms with E-state index in [2.05, 4.69) is 10.6 Å². The number of hydrogen-bond acceptors (Lipinski definition) is 7. The number of carboxylic acids is 1. The van der Waals surface area contributed by atoms with Crippen LogP contribution in [0.4, 0.5) is 0 Å². The van der Waals surface area contributed by atoms with Crippen molar-refractivity contribution in [2.75, 3.05) is 13.2 Å². The van der Waals surface area contributed by atoms with Crippen molar-refractivity contribution >= 4 is 29.6 Å². The lowest BCUT2D eigenvalue weighted by Crippen LogP contribution is -2.58. The number of carbonyl (C=O) groups is 5. The minimum atomic E-state index is -1.45. The number of nitrogens with zero attached hydrogens (tertiary/aromatic N) is 1. The van der Waals surface area contributed by atoms with Crippen LogP contribution in [0.25, 0.3) is 0 Å². The molecule has 4 atom stereocenters. The molecule has 2 rings (SSSR count). The van der Waals surface area contributed by atoms with Gasteiger partial charge in [-0.3, -0.25) is 19.2 Å². The molecule has 0 saturated carbocycles. The molecule has 8 N–H and O–H groups in total. The summed E-state index contributed by atoms with van der Waals surface area (Å²) in [6, 6.07) is 3.98. The fraction of sp³-hybridized carbons (Fsp3) is 0.476. The molecule has 12 nitrogen and oxygen atoms in total. The number of aliphatic hydroxyl groups is 1. The van der Waals surface area contributed by atoms with Gasteiger partial charge in [-0.2, -0.15) is 0 Å². The van der Waals surface area contributed by atoms with Gasteiger partial charge in [-0.05, 0) is 24.8 Å². The third kappa shape index (κ3) is 7.26. The molecule has 4 amide bonds. The quantitative estimate of drug-likeness (QED) is 0.206. The molecule has 12 heteroatoms. The standard InChI is InChI=1S/C21H29N5O7/c22-13(9-12-5-2-1-3-6-12)18(29)25-15(11-27)19(30)24-14(10-17(23)28)20(31)26-8-4-7-16(26)21(32)33/h1-3,5-6,13-16,27H,4,7-11,22H2,(H2,23,28)(H,24,30)(H,25,29)(H,32,33). The van der Waals surface area contributed by atoms with Gasteiger partial charge in [-0.15, -0.1) is 0 Å². The van der Waals surface area contributed by atoms with Crippen molar-refractivity contribution in [1.82, 2.24) is 15.5 Å². The Morgan fingerprint density at radius 2 is 1.70 bits per heavy atom. The molecule has 0 radical (unpaired) electrons. The summed E-state index contributed by atoms with van der Waals surface area (Å²) in [7, 11) is 0. The van der Waals surface area contributed by atoms with Crippen molar-refractivity contribution in [2.24, 2.45) is 11.5 Å². The minimum Gasteiger partial charge on any atom is -0.480 e. The number of carboxylic acid groups (broad SMARTS) is 1. The highest BCUT2D eigenvalue weighted by Gasteiger charge is 2.38. The SMILES string of the molecule is NC(=O)CC(NC(=O)C(CO)NC(=O)C(N)Cc1ccccc1)C(=O)N1CCCC1C(=O)O.